The Labute approximate surface area is 172 Å². The lowest BCUT2D eigenvalue weighted by atomic mass is 10.2. The lowest BCUT2D eigenvalue weighted by Gasteiger charge is -2.09. The highest BCUT2D eigenvalue weighted by Gasteiger charge is 2.14. The van der Waals surface area contributed by atoms with Gasteiger partial charge < -0.3 is 9.30 Å². The molecule has 142 valence electrons. The number of rotatable bonds is 6. The Morgan fingerprint density at radius 1 is 1.07 bits per heavy atom. The number of para-hydroxylation sites is 1. The van der Waals surface area contributed by atoms with Crippen LogP contribution in [0.4, 0.5) is 0 Å². The maximum absolute atomic E-state index is 6.39. The van der Waals surface area contributed by atoms with E-state index < -0.39 is 0 Å². The zero-order valence-corrected chi connectivity index (χ0v) is 17.2. The molecule has 0 unspecified atom stereocenters. The van der Waals surface area contributed by atoms with Crippen LogP contribution in [0.1, 0.15) is 12.5 Å². The molecule has 0 N–H and O–H groups in total. The van der Waals surface area contributed by atoms with Crippen LogP contribution in [0.25, 0.3) is 22.3 Å². The number of thioether (sulfide) groups is 1. The quantitative estimate of drug-likeness (QED) is 0.311. The van der Waals surface area contributed by atoms with Gasteiger partial charge in [-0.1, -0.05) is 41.6 Å². The van der Waals surface area contributed by atoms with E-state index in [4.69, 9.17) is 16.3 Å². The van der Waals surface area contributed by atoms with Crippen LogP contribution < -0.4 is 4.74 Å². The summed E-state index contributed by atoms with van der Waals surface area (Å²) in [6.45, 7) is 2.87. The minimum absolute atomic E-state index is 0.532. The molecule has 4 aromatic rings. The summed E-state index contributed by atoms with van der Waals surface area (Å²) in [5.41, 5.74) is 2.90. The largest absolute Gasteiger partial charge is 0.497 e. The fourth-order valence-electron chi connectivity index (χ4n) is 3.01. The summed E-state index contributed by atoms with van der Waals surface area (Å²) in [6, 6.07) is 17.9. The minimum Gasteiger partial charge on any atom is -0.497 e. The van der Waals surface area contributed by atoms with E-state index in [9.17, 15) is 0 Å². The molecule has 0 saturated heterocycles. The maximum Gasteiger partial charge on any atom is 0.191 e. The van der Waals surface area contributed by atoms with E-state index in [1.165, 1.54) is 0 Å². The van der Waals surface area contributed by atoms with Crippen molar-refractivity contribution < 1.29 is 4.74 Å². The summed E-state index contributed by atoms with van der Waals surface area (Å²) >= 11 is 8.00. The highest BCUT2D eigenvalue weighted by molar-refractivity contribution is 7.98. The first-order valence-corrected chi connectivity index (χ1v) is 10.3. The number of ether oxygens (including phenoxy) is 1. The third-order valence-corrected chi connectivity index (χ3v) is 5.83. The van der Waals surface area contributed by atoms with Crippen molar-refractivity contribution >= 4 is 34.3 Å². The average molecular weight is 411 g/mol. The van der Waals surface area contributed by atoms with Crippen molar-refractivity contribution in [3.63, 3.8) is 0 Å². The van der Waals surface area contributed by atoms with E-state index in [0.717, 1.165) is 45.3 Å². The molecule has 2 aromatic heterocycles. The molecule has 0 aliphatic rings. The summed E-state index contributed by atoms with van der Waals surface area (Å²) in [5, 5.41) is 11.3. The van der Waals surface area contributed by atoms with E-state index in [1.54, 1.807) is 18.9 Å². The summed E-state index contributed by atoms with van der Waals surface area (Å²) in [7, 11) is 1.66. The molecule has 0 aliphatic carbocycles. The van der Waals surface area contributed by atoms with Gasteiger partial charge in [-0.3, -0.25) is 0 Å². The van der Waals surface area contributed by atoms with Crippen molar-refractivity contribution in [1.29, 1.82) is 0 Å². The van der Waals surface area contributed by atoms with Crippen LogP contribution in [-0.2, 0) is 12.3 Å². The molecule has 2 heterocycles. The minimum atomic E-state index is 0.532. The number of fused-ring (bicyclic) bond motifs is 1. The highest BCUT2D eigenvalue weighted by atomic mass is 35.5. The highest BCUT2D eigenvalue weighted by Crippen LogP contribution is 2.30. The summed E-state index contributed by atoms with van der Waals surface area (Å²) in [4.78, 5) is 4.50. The average Bonchev–Trinajstić information content (AvgIpc) is 3.15. The molecule has 0 bridgehead atoms. The van der Waals surface area contributed by atoms with Crippen molar-refractivity contribution in [3.05, 3.63) is 65.3 Å². The first-order valence-electron chi connectivity index (χ1n) is 8.94. The van der Waals surface area contributed by atoms with Gasteiger partial charge in [-0.15, -0.1) is 10.2 Å². The van der Waals surface area contributed by atoms with Crippen LogP contribution in [0.15, 0.2) is 59.8 Å². The van der Waals surface area contributed by atoms with Crippen LogP contribution >= 0.6 is 23.4 Å². The number of pyridine rings is 1. The normalized spacial score (nSPS) is 11.1. The molecule has 28 heavy (non-hydrogen) atoms. The van der Waals surface area contributed by atoms with E-state index in [2.05, 4.69) is 32.7 Å². The number of halogens is 1. The predicted molar refractivity (Wildman–Crippen MR) is 114 cm³/mol. The second-order valence-electron chi connectivity index (χ2n) is 6.20. The number of methoxy groups -OCH3 is 1. The second-order valence-corrected chi connectivity index (χ2v) is 7.50. The first-order chi connectivity index (χ1) is 13.7. The van der Waals surface area contributed by atoms with Gasteiger partial charge in [-0.25, -0.2) is 4.98 Å². The molecule has 0 radical (unpaired) electrons. The van der Waals surface area contributed by atoms with Gasteiger partial charge in [0.2, 0.25) is 0 Å². The zero-order valence-electron chi connectivity index (χ0n) is 15.6. The van der Waals surface area contributed by atoms with Gasteiger partial charge >= 0.3 is 0 Å². The maximum atomic E-state index is 6.39. The Morgan fingerprint density at radius 2 is 1.86 bits per heavy atom. The summed E-state index contributed by atoms with van der Waals surface area (Å²) in [6.07, 6.45) is 0. The molecule has 0 spiro atoms. The Bertz CT molecular complexity index is 1110. The van der Waals surface area contributed by atoms with Crippen molar-refractivity contribution in [1.82, 2.24) is 19.7 Å². The van der Waals surface area contributed by atoms with Crippen LogP contribution in [0.2, 0.25) is 5.15 Å². The smallest absolute Gasteiger partial charge is 0.191 e. The molecule has 0 saturated carbocycles. The second kappa shape index (κ2) is 8.20. The van der Waals surface area contributed by atoms with Crippen molar-refractivity contribution in [3.8, 4) is 17.1 Å². The lowest BCUT2D eigenvalue weighted by molar-refractivity contribution is 0.415. The third kappa shape index (κ3) is 3.70. The number of hydrogen-bond acceptors (Lipinski definition) is 5. The van der Waals surface area contributed by atoms with Gasteiger partial charge in [0.15, 0.2) is 11.0 Å². The number of nitrogens with zero attached hydrogens (tertiary/aromatic N) is 4. The monoisotopic (exact) mass is 410 g/mol. The Kier molecular flexibility index (Phi) is 5.50. The lowest BCUT2D eigenvalue weighted by Crippen LogP contribution is -2.00. The topological polar surface area (TPSA) is 52.8 Å². The van der Waals surface area contributed by atoms with Crippen LogP contribution in [-0.4, -0.2) is 26.9 Å². The van der Waals surface area contributed by atoms with E-state index >= 15 is 0 Å². The van der Waals surface area contributed by atoms with Gasteiger partial charge in [0.1, 0.15) is 10.9 Å². The molecule has 4 rings (SSSR count). The van der Waals surface area contributed by atoms with Crippen molar-refractivity contribution in [2.24, 2.45) is 0 Å². The third-order valence-electron chi connectivity index (χ3n) is 4.49. The molecular weight excluding hydrogens is 392 g/mol. The molecule has 0 fully saturated rings. The molecular formula is C21H19ClN4OS. The van der Waals surface area contributed by atoms with Crippen LogP contribution in [0.3, 0.4) is 0 Å². The van der Waals surface area contributed by atoms with Gasteiger partial charge in [0.25, 0.3) is 0 Å². The number of hydrogen-bond donors (Lipinski definition) is 0. The van der Waals surface area contributed by atoms with Crippen molar-refractivity contribution in [2.75, 3.05) is 7.11 Å². The van der Waals surface area contributed by atoms with Gasteiger partial charge in [-0.2, -0.15) is 0 Å². The molecule has 2 aromatic carbocycles. The molecule has 0 amide bonds. The molecule has 0 atom stereocenters. The molecule has 0 aliphatic heterocycles. The predicted octanol–water partition coefficient (Wildman–Crippen LogP) is 5.47. The van der Waals surface area contributed by atoms with E-state index in [0.29, 0.717) is 10.9 Å². The van der Waals surface area contributed by atoms with Crippen LogP contribution in [0, 0.1) is 0 Å². The Morgan fingerprint density at radius 3 is 2.61 bits per heavy atom. The molecule has 5 nitrogen and oxygen atoms in total. The Balaban J connectivity index is 1.58. The fourth-order valence-corrected chi connectivity index (χ4v) is 4.28. The first kappa shape index (κ1) is 18.8. The Hall–Kier alpha value is -2.57. The number of benzene rings is 2. The van der Waals surface area contributed by atoms with E-state index in [1.807, 2.05) is 48.5 Å². The number of aromatic nitrogens is 4. The molecule has 7 heteroatoms. The fraction of sp³-hybridized carbons (Fsp3) is 0.190. The van der Waals surface area contributed by atoms with Crippen LogP contribution in [0.5, 0.6) is 5.75 Å². The summed E-state index contributed by atoms with van der Waals surface area (Å²) in [5.74, 6) is 2.34. The zero-order chi connectivity index (χ0) is 19.5. The standard InChI is InChI=1S/C21H19ClN4OS/c1-3-26-20(14-8-10-17(27-2)11-9-14)24-25-21(26)28-13-16-12-15-6-4-5-7-18(15)23-19(16)22/h4-12H,3,13H2,1-2H3. The van der Waals surface area contributed by atoms with Gasteiger partial charge in [-0.05, 0) is 43.3 Å². The van der Waals surface area contributed by atoms with Gasteiger partial charge in [0.05, 0.1) is 12.6 Å². The summed E-state index contributed by atoms with van der Waals surface area (Å²) < 4.78 is 7.34. The SMILES string of the molecule is CCn1c(SCc2cc3ccccc3nc2Cl)nnc1-c1ccc(OC)cc1. The van der Waals surface area contributed by atoms with Gasteiger partial charge in [0, 0.05) is 28.8 Å². The van der Waals surface area contributed by atoms with Crippen molar-refractivity contribution in [2.45, 2.75) is 24.4 Å². The van der Waals surface area contributed by atoms with E-state index in [-0.39, 0.29) is 0 Å².